The Labute approximate surface area is 151 Å². The third kappa shape index (κ3) is 4.42. The second kappa shape index (κ2) is 7.74. The van der Waals surface area contributed by atoms with Crippen molar-refractivity contribution in [2.75, 3.05) is 26.2 Å². The Bertz CT molecular complexity index is 659. The zero-order valence-electron chi connectivity index (χ0n) is 15.3. The molecule has 1 aliphatic heterocycles. The number of nitrogens with one attached hydrogen (secondary N) is 1. The lowest BCUT2D eigenvalue weighted by atomic mass is 9.79. The summed E-state index contributed by atoms with van der Waals surface area (Å²) in [5.74, 6) is 0.596. The molecule has 140 valence electrons. The molecule has 2 unspecified atom stereocenters. The number of nitrogens with zero attached hydrogens (tertiary/aromatic N) is 1. The maximum Gasteiger partial charge on any atom is 0.240 e. The van der Waals surface area contributed by atoms with Gasteiger partial charge in [0, 0.05) is 19.6 Å². The first-order valence-corrected chi connectivity index (χ1v) is 10.8. The smallest absolute Gasteiger partial charge is 0.240 e. The van der Waals surface area contributed by atoms with E-state index in [4.69, 9.17) is 4.74 Å². The number of hydrogen-bond acceptors (Lipinski definition) is 4. The van der Waals surface area contributed by atoms with E-state index in [2.05, 4.69) is 23.5 Å². The minimum atomic E-state index is -3.52. The summed E-state index contributed by atoms with van der Waals surface area (Å²) in [6, 6.07) is 8.46. The summed E-state index contributed by atoms with van der Waals surface area (Å²) in [5, 5.41) is 0. The Morgan fingerprint density at radius 1 is 1.28 bits per heavy atom. The number of benzene rings is 1. The molecule has 2 aliphatic rings. The van der Waals surface area contributed by atoms with E-state index in [-0.39, 0.29) is 6.04 Å². The quantitative estimate of drug-likeness (QED) is 0.870. The average molecular weight is 367 g/mol. The Kier molecular flexibility index (Phi) is 5.83. The van der Waals surface area contributed by atoms with Crippen LogP contribution < -0.4 is 4.72 Å². The molecule has 2 atom stereocenters. The fourth-order valence-electron chi connectivity index (χ4n) is 4.15. The standard InChI is InChI=1S/C19H30N2O3S/c1-16(2)14-21-12-13-24-19(15-21)11-7-6-10-18(19)20-25(22,23)17-8-4-3-5-9-17/h3-5,8-9,16,18,20H,6-7,10-15H2,1-2H3. The molecule has 1 saturated carbocycles. The first-order chi connectivity index (χ1) is 11.9. The van der Waals surface area contributed by atoms with E-state index < -0.39 is 15.6 Å². The first kappa shape index (κ1) is 18.8. The highest BCUT2D eigenvalue weighted by atomic mass is 32.2. The van der Waals surface area contributed by atoms with Crippen LogP contribution in [0.5, 0.6) is 0 Å². The molecular formula is C19H30N2O3S. The maximum atomic E-state index is 12.8. The summed E-state index contributed by atoms with van der Waals surface area (Å²) in [6.45, 7) is 7.89. The second-order valence-electron chi connectivity index (χ2n) is 7.77. The normalized spacial score (nSPS) is 28.5. The number of morpholine rings is 1. The van der Waals surface area contributed by atoms with Gasteiger partial charge in [-0.25, -0.2) is 13.1 Å². The molecule has 1 heterocycles. The van der Waals surface area contributed by atoms with E-state index in [0.717, 1.165) is 45.3 Å². The van der Waals surface area contributed by atoms with Gasteiger partial charge in [0.25, 0.3) is 0 Å². The summed E-state index contributed by atoms with van der Waals surface area (Å²) in [4.78, 5) is 2.76. The van der Waals surface area contributed by atoms with Gasteiger partial charge in [0.2, 0.25) is 10.0 Å². The van der Waals surface area contributed by atoms with Crippen molar-refractivity contribution in [2.24, 2.45) is 5.92 Å². The molecule has 2 fully saturated rings. The van der Waals surface area contributed by atoms with Crippen LogP contribution in [0, 0.1) is 5.92 Å². The monoisotopic (exact) mass is 366 g/mol. The van der Waals surface area contributed by atoms with Crippen molar-refractivity contribution in [3.8, 4) is 0 Å². The highest BCUT2D eigenvalue weighted by Crippen LogP contribution is 2.36. The van der Waals surface area contributed by atoms with Gasteiger partial charge in [-0.1, -0.05) is 44.9 Å². The van der Waals surface area contributed by atoms with Gasteiger partial charge in [-0.15, -0.1) is 0 Å². The third-order valence-electron chi connectivity index (χ3n) is 5.24. The number of sulfonamides is 1. The summed E-state index contributed by atoms with van der Waals surface area (Å²) >= 11 is 0. The topological polar surface area (TPSA) is 58.6 Å². The van der Waals surface area contributed by atoms with Crippen molar-refractivity contribution < 1.29 is 13.2 Å². The lowest BCUT2D eigenvalue weighted by molar-refractivity contribution is -0.141. The molecule has 3 rings (SSSR count). The molecule has 1 spiro atoms. The molecule has 5 nitrogen and oxygen atoms in total. The Morgan fingerprint density at radius 2 is 2.04 bits per heavy atom. The molecule has 25 heavy (non-hydrogen) atoms. The lowest BCUT2D eigenvalue weighted by Gasteiger charge is -2.49. The summed E-state index contributed by atoms with van der Waals surface area (Å²) in [5.41, 5.74) is -0.396. The summed E-state index contributed by atoms with van der Waals surface area (Å²) in [6.07, 6.45) is 3.89. The molecule has 1 N–H and O–H groups in total. The summed E-state index contributed by atoms with van der Waals surface area (Å²) < 4.78 is 34.8. The van der Waals surface area contributed by atoms with Gasteiger partial charge in [-0.05, 0) is 30.9 Å². The molecule has 0 amide bonds. The van der Waals surface area contributed by atoms with Crippen LogP contribution in [-0.2, 0) is 14.8 Å². The zero-order valence-corrected chi connectivity index (χ0v) is 16.1. The molecule has 1 aromatic carbocycles. The molecule has 0 bridgehead atoms. The van der Waals surface area contributed by atoms with Gasteiger partial charge in [0.05, 0.1) is 23.1 Å². The lowest BCUT2D eigenvalue weighted by Crippen LogP contribution is -2.64. The van der Waals surface area contributed by atoms with E-state index >= 15 is 0 Å². The van der Waals surface area contributed by atoms with Crippen LogP contribution in [0.2, 0.25) is 0 Å². The second-order valence-corrected chi connectivity index (χ2v) is 9.49. The molecule has 6 heteroatoms. The van der Waals surface area contributed by atoms with Crippen LogP contribution in [0.1, 0.15) is 39.5 Å². The van der Waals surface area contributed by atoms with Gasteiger partial charge in [0.1, 0.15) is 0 Å². The van der Waals surface area contributed by atoms with E-state index in [0.29, 0.717) is 17.4 Å². The highest BCUT2D eigenvalue weighted by Gasteiger charge is 2.46. The van der Waals surface area contributed by atoms with E-state index in [9.17, 15) is 8.42 Å². The van der Waals surface area contributed by atoms with Crippen LogP contribution >= 0.6 is 0 Å². The summed E-state index contributed by atoms with van der Waals surface area (Å²) in [7, 11) is -3.52. The molecule has 1 aromatic rings. The van der Waals surface area contributed by atoms with Crippen molar-refractivity contribution in [2.45, 2.75) is 56.1 Å². The van der Waals surface area contributed by atoms with Crippen LogP contribution in [0.3, 0.4) is 0 Å². The van der Waals surface area contributed by atoms with Gasteiger partial charge >= 0.3 is 0 Å². The fourth-order valence-corrected chi connectivity index (χ4v) is 5.51. The highest BCUT2D eigenvalue weighted by molar-refractivity contribution is 7.89. The SMILES string of the molecule is CC(C)CN1CCOC2(CCCCC2NS(=O)(=O)c2ccccc2)C1. The van der Waals surface area contributed by atoms with Crippen molar-refractivity contribution in [1.29, 1.82) is 0 Å². The van der Waals surface area contributed by atoms with Crippen molar-refractivity contribution in [3.05, 3.63) is 30.3 Å². The van der Waals surface area contributed by atoms with Crippen molar-refractivity contribution >= 4 is 10.0 Å². The Morgan fingerprint density at radius 3 is 2.76 bits per heavy atom. The van der Waals surface area contributed by atoms with Crippen LogP contribution in [-0.4, -0.2) is 51.2 Å². The largest absolute Gasteiger partial charge is 0.371 e. The van der Waals surface area contributed by atoms with Crippen LogP contribution in [0.25, 0.3) is 0 Å². The predicted molar refractivity (Wildman–Crippen MR) is 99.0 cm³/mol. The number of rotatable bonds is 5. The van der Waals surface area contributed by atoms with Gasteiger partial charge in [0.15, 0.2) is 0 Å². The van der Waals surface area contributed by atoms with Crippen LogP contribution in [0.15, 0.2) is 35.2 Å². The van der Waals surface area contributed by atoms with Gasteiger partial charge in [-0.3, -0.25) is 4.90 Å². The number of ether oxygens (including phenoxy) is 1. The van der Waals surface area contributed by atoms with Crippen LogP contribution in [0.4, 0.5) is 0 Å². The molecule has 1 saturated heterocycles. The minimum Gasteiger partial charge on any atom is -0.371 e. The molecular weight excluding hydrogens is 336 g/mol. The Balaban J connectivity index is 1.79. The Hall–Kier alpha value is -0.950. The number of hydrogen-bond donors (Lipinski definition) is 1. The van der Waals surface area contributed by atoms with Crippen molar-refractivity contribution in [1.82, 2.24) is 9.62 Å². The van der Waals surface area contributed by atoms with E-state index in [1.54, 1.807) is 24.3 Å². The van der Waals surface area contributed by atoms with Gasteiger partial charge in [-0.2, -0.15) is 0 Å². The molecule has 0 radical (unpaired) electrons. The molecule has 1 aliphatic carbocycles. The minimum absolute atomic E-state index is 0.165. The fraction of sp³-hybridized carbons (Fsp3) is 0.684. The van der Waals surface area contributed by atoms with E-state index in [1.165, 1.54) is 0 Å². The van der Waals surface area contributed by atoms with Gasteiger partial charge < -0.3 is 4.74 Å². The van der Waals surface area contributed by atoms with E-state index in [1.807, 2.05) is 6.07 Å². The predicted octanol–water partition coefficient (Wildman–Crippen LogP) is 2.63. The first-order valence-electron chi connectivity index (χ1n) is 9.35. The molecule has 0 aromatic heterocycles. The maximum absolute atomic E-state index is 12.8. The third-order valence-corrected chi connectivity index (χ3v) is 6.73. The average Bonchev–Trinajstić information content (AvgIpc) is 2.57. The zero-order chi connectivity index (χ0) is 17.9. The van der Waals surface area contributed by atoms with Crippen molar-refractivity contribution in [3.63, 3.8) is 0 Å².